The molecule has 24 heavy (non-hydrogen) atoms. The zero-order valence-electron chi connectivity index (χ0n) is 14.0. The van der Waals surface area contributed by atoms with Gasteiger partial charge in [-0.25, -0.2) is 4.98 Å². The maximum atomic E-state index is 9.24. The number of rotatable bonds is 5. The fourth-order valence-electron chi connectivity index (χ4n) is 2.70. The summed E-state index contributed by atoms with van der Waals surface area (Å²) in [7, 11) is 4.07. The molecule has 0 amide bonds. The Labute approximate surface area is 142 Å². The lowest BCUT2D eigenvalue weighted by atomic mass is 10.1. The Hall–Kier alpha value is -3.06. The van der Waals surface area contributed by atoms with Crippen LogP contribution in [-0.4, -0.2) is 23.6 Å². The van der Waals surface area contributed by atoms with Crippen LogP contribution >= 0.6 is 0 Å². The second kappa shape index (κ2) is 7.01. The van der Waals surface area contributed by atoms with Crippen LogP contribution in [-0.2, 0) is 13.0 Å². The minimum atomic E-state index is 0.662. The predicted octanol–water partition coefficient (Wildman–Crippen LogP) is 3.46. The highest BCUT2D eigenvalue weighted by Crippen LogP contribution is 2.16. The molecule has 0 saturated heterocycles. The average molecular weight is 316 g/mol. The SMILES string of the molecule is CN(C)c1ccc(Cc2nccn2Cc2ccccc2C#N)cc1. The van der Waals surface area contributed by atoms with Crippen molar-refractivity contribution in [2.45, 2.75) is 13.0 Å². The molecule has 0 aliphatic heterocycles. The van der Waals surface area contributed by atoms with Crippen LogP contribution in [0.4, 0.5) is 5.69 Å². The minimum Gasteiger partial charge on any atom is -0.378 e. The van der Waals surface area contributed by atoms with Gasteiger partial charge in [-0.3, -0.25) is 0 Å². The summed E-state index contributed by atoms with van der Waals surface area (Å²) in [6, 6.07) is 18.5. The summed E-state index contributed by atoms with van der Waals surface area (Å²) in [6.07, 6.45) is 4.56. The third-order valence-corrected chi connectivity index (χ3v) is 4.10. The maximum Gasteiger partial charge on any atom is 0.113 e. The van der Waals surface area contributed by atoms with Crippen molar-refractivity contribution in [1.29, 1.82) is 5.26 Å². The van der Waals surface area contributed by atoms with Crippen LogP contribution < -0.4 is 4.90 Å². The maximum absolute atomic E-state index is 9.24. The van der Waals surface area contributed by atoms with Crippen LogP contribution in [0.2, 0.25) is 0 Å². The number of hydrogen-bond acceptors (Lipinski definition) is 3. The van der Waals surface area contributed by atoms with Gasteiger partial charge in [-0.1, -0.05) is 30.3 Å². The van der Waals surface area contributed by atoms with E-state index in [0.717, 1.165) is 17.8 Å². The van der Waals surface area contributed by atoms with E-state index in [9.17, 15) is 5.26 Å². The van der Waals surface area contributed by atoms with Crippen LogP contribution in [0.3, 0.4) is 0 Å². The van der Waals surface area contributed by atoms with E-state index in [1.165, 1.54) is 11.3 Å². The first-order chi connectivity index (χ1) is 11.7. The van der Waals surface area contributed by atoms with Gasteiger partial charge >= 0.3 is 0 Å². The molecule has 0 atom stereocenters. The standard InChI is InChI=1S/C20H20N4/c1-23(2)19-9-7-16(8-10-19)13-20-22-11-12-24(20)15-18-6-4-3-5-17(18)14-21/h3-12H,13,15H2,1-2H3. The number of benzene rings is 2. The van der Waals surface area contributed by atoms with E-state index >= 15 is 0 Å². The van der Waals surface area contributed by atoms with Crippen molar-refractivity contribution in [2.24, 2.45) is 0 Å². The Kier molecular flexibility index (Phi) is 4.62. The van der Waals surface area contributed by atoms with Crippen LogP contribution in [0.5, 0.6) is 0 Å². The van der Waals surface area contributed by atoms with E-state index in [1.54, 1.807) is 0 Å². The van der Waals surface area contributed by atoms with Crippen molar-refractivity contribution in [3.8, 4) is 6.07 Å². The van der Waals surface area contributed by atoms with Gasteiger partial charge in [0.05, 0.1) is 18.2 Å². The summed E-state index contributed by atoms with van der Waals surface area (Å²) in [5.74, 6) is 1.00. The lowest BCUT2D eigenvalue weighted by molar-refractivity contribution is 0.739. The highest BCUT2D eigenvalue weighted by molar-refractivity contribution is 5.46. The van der Waals surface area contributed by atoms with Crippen molar-refractivity contribution < 1.29 is 0 Å². The van der Waals surface area contributed by atoms with Gasteiger partial charge < -0.3 is 9.47 Å². The minimum absolute atomic E-state index is 0.662. The molecular weight excluding hydrogens is 296 g/mol. The van der Waals surface area contributed by atoms with E-state index in [2.05, 4.69) is 44.8 Å². The average Bonchev–Trinajstić information content (AvgIpc) is 3.02. The van der Waals surface area contributed by atoms with Crippen molar-refractivity contribution in [3.63, 3.8) is 0 Å². The van der Waals surface area contributed by atoms with Crippen LogP contribution in [0.25, 0.3) is 0 Å². The van der Waals surface area contributed by atoms with E-state index in [4.69, 9.17) is 0 Å². The number of hydrogen-bond donors (Lipinski definition) is 0. The molecule has 1 heterocycles. The van der Waals surface area contributed by atoms with E-state index in [-0.39, 0.29) is 0 Å². The molecule has 2 aromatic carbocycles. The summed E-state index contributed by atoms with van der Waals surface area (Å²) in [5.41, 5.74) is 4.14. The first-order valence-corrected chi connectivity index (χ1v) is 7.91. The zero-order chi connectivity index (χ0) is 16.9. The number of nitrogens with zero attached hydrogens (tertiary/aromatic N) is 4. The lowest BCUT2D eigenvalue weighted by Crippen LogP contribution is -2.09. The molecule has 0 radical (unpaired) electrons. The Bertz CT molecular complexity index is 854. The molecule has 4 heteroatoms. The Balaban J connectivity index is 1.79. The molecule has 0 saturated carbocycles. The Morgan fingerprint density at radius 3 is 2.54 bits per heavy atom. The molecule has 3 aromatic rings. The van der Waals surface area contributed by atoms with Gasteiger partial charge in [0, 0.05) is 38.6 Å². The van der Waals surface area contributed by atoms with Crippen molar-refractivity contribution >= 4 is 5.69 Å². The van der Waals surface area contributed by atoms with Gasteiger partial charge in [0.25, 0.3) is 0 Å². The quantitative estimate of drug-likeness (QED) is 0.724. The summed E-state index contributed by atoms with van der Waals surface area (Å²) in [4.78, 5) is 6.58. The summed E-state index contributed by atoms with van der Waals surface area (Å²) < 4.78 is 2.11. The molecule has 0 bridgehead atoms. The molecular formula is C20H20N4. The summed E-state index contributed by atoms with van der Waals surface area (Å²) in [6.45, 7) is 0.662. The van der Waals surface area contributed by atoms with Gasteiger partial charge in [0.2, 0.25) is 0 Å². The van der Waals surface area contributed by atoms with E-state index in [0.29, 0.717) is 12.1 Å². The molecule has 0 spiro atoms. The second-order valence-corrected chi connectivity index (χ2v) is 5.98. The summed E-state index contributed by atoms with van der Waals surface area (Å²) in [5, 5.41) is 9.24. The van der Waals surface area contributed by atoms with Gasteiger partial charge in [-0.2, -0.15) is 5.26 Å². The third kappa shape index (κ3) is 3.47. The largest absolute Gasteiger partial charge is 0.378 e. The molecule has 0 aliphatic rings. The predicted molar refractivity (Wildman–Crippen MR) is 96.1 cm³/mol. The van der Waals surface area contributed by atoms with Gasteiger partial charge in [0.1, 0.15) is 5.82 Å². The fraction of sp³-hybridized carbons (Fsp3) is 0.200. The molecule has 0 N–H and O–H groups in total. The van der Waals surface area contributed by atoms with Crippen LogP contribution in [0, 0.1) is 11.3 Å². The van der Waals surface area contributed by atoms with Crippen LogP contribution in [0.15, 0.2) is 60.9 Å². The normalized spacial score (nSPS) is 10.4. The summed E-state index contributed by atoms with van der Waals surface area (Å²) >= 11 is 0. The third-order valence-electron chi connectivity index (χ3n) is 4.10. The Morgan fingerprint density at radius 2 is 1.83 bits per heavy atom. The molecule has 0 aliphatic carbocycles. The number of aromatic nitrogens is 2. The highest BCUT2D eigenvalue weighted by atomic mass is 15.1. The smallest absolute Gasteiger partial charge is 0.113 e. The van der Waals surface area contributed by atoms with Crippen molar-refractivity contribution in [1.82, 2.24) is 9.55 Å². The first kappa shape index (κ1) is 15.8. The monoisotopic (exact) mass is 316 g/mol. The van der Waals surface area contributed by atoms with E-state index < -0.39 is 0 Å². The molecule has 120 valence electrons. The molecule has 0 fully saturated rings. The van der Waals surface area contributed by atoms with Crippen molar-refractivity contribution in [2.75, 3.05) is 19.0 Å². The highest BCUT2D eigenvalue weighted by Gasteiger charge is 2.08. The zero-order valence-corrected chi connectivity index (χ0v) is 14.0. The first-order valence-electron chi connectivity index (χ1n) is 7.91. The van der Waals surface area contributed by atoms with E-state index in [1.807, 2.05) is 50.8 Å². The molecule has 0 unspecified atom stereocenters. The van der Waals surface area contributed by atoms with Gasteiger partial charge in [0.15, 0.2) is 0 Å². The Morgan fingerprint density at radius 1 is 1.08 bits per heavy atom. The topological polar surface area (TPSA) is 44.9 Å². The molecule has 1 aromatic heterocycles. The van der Waals surface area contributed by atoms with Gasteiger partial charge in [-0.15, -0.1) is 0 Å². The molecule has 4 nitrogen and oxygen atoms in total. The second-order valence-electron chi connectivity index (χ2n) is 5.98. The fourth-order valence-corrected chi connectivity index (χ4v) is 2.70. The number of nitriles is 1. The molecule has 3 rings (SSSR count). The number of anilines is 1. The van der Waals surface area contributed by atoms with Crippen molar-refractivity contribution in [3.05, 3.63) is 83.4 Å². The lowest BCUT2D eigenvalue weighted by Gasteiger charge is -2.13. The van der Waals surface area contributed by atoms with Gasteiger partial charge in [-0.05, 0) is 29.3 Å². The number of imidazole rings is 1. The van der Waals surface area contributed by atoms with Crippen LogP contribution in [0.1, 0.15) is 22.5 Å².